The van der Waals surface area contributed by atoms with E-state index in [0.29, 0.717) is 16.3 Å². The molecule has 1 aromatic heterocycles. The maximum Gasteiger partial charge on any atom is 0.141 e. The highest BCUT2D eigenvalue weighted by Crippen LogP contribution is 2.34. The second-order valence-electron chi connectivity index (χ2n) is 4.55. The van der Waals surface area contributed by atoms with E-state index >= 15 is 0 Å². The summed E-state index contributed by atoms with van der Waals surface area (Å²) in [6.07, 6.45) is 0. The lowest BCUT2D eigenvalue weighted by molar-refractivity contribution is 0.628. The lowest BCUT2D eigenvalue weighted by Crippen LogP contribution is -1.92. The first-order valence-corrected chi connectivity index (χ1v) is 6.84. The van der Waals surface area contributed by atoms with Gasteiger partial charge in [-0.1, -0.05) is 41.4 Å². The van der Waals surface area contributed by atoms with Gasteiger partial charge in [-0.2, -0.15) is 0 Å². The normalized spacial score (nSPS) is 11.0. The first-order valence-electron chi connectivity index (χ1n) is 6.08. The van der Waals surface area contributed by atoms with Crippen molar-refractivity contribution in [3.63, 3.8) is 0 Å². The van der Waals surface area contributed by atoms with Gasteiger partial charge in [-0.3, -0.25) is 0 Å². The molecule has 0 saturated heterocycles. The minimum atomic E-state index is -0.455. The van der Waals surface area contributed by atoms with Crippen LogP contribution in [0.4, 0.5) is 4.39 Å². The van der Waals surface area contributed by atoms with Gasteiger partial charge in [-0.25, -0.2) is 9.37 Å². The van der Waals surface area contributed by atoms with Gasteiger partial charge in [0.25, 0.3) is 0 Å². The maximum atomic E-state index is 13.3. The highest BCUT2D eigenvalue weighted by atomic mass is 35.5. The topological polar surface area (TPSA) is 12.9 Å². The van der Waals surface area contributed by atoms with Gasteiger partial charge >= 0.3 is 0 Å². The number of hydrogen-bond donors (Lipinski definition) is 0. The van der Waals surface area contributed by atoms with Crippen LogP contribution in [0.5, 0.6) is 0 Å². The molecule has 2 aromatic carbocycles. The van der Waals surface area contributed by atoms with Crippen molar-refractivity contribution in [1.29, 1.82) is 0 Å². The fourth-order valence-electron chi connectivity index (χ4n) is 2.19. The standard InChI is InChI=1S/C16H10Cl2FN/c1-9-11-4-2-3-5-14(11)20-16(15(9)18)10-6-7-13(19)12(17)8-10/h2-8H,1H3. The molecule has 0 saturated carbocycles. The van der Waals surface area contributed by atoms with Crippen LogP contribution in [0, 0.1) is 12.7 Å². The Morgan fingerprint density at radius 2 is 1.80 bits per heavy atom. The Labute approximate surface area is 126 Å². The van der Waals surface area contributed by atoms with Crippen molar-refractivity contribution < 1.29 is 4.39 Å². The van der Waals surface area contributed by atoms with Crippen molar-refractivity contribution in [1.82, 2.24) is 4.98 Å². The van der Waals surface area contributed by atoms with Crippen molar-refractivity contribution >= 4 is 34.1 Å². The fourth-order valence-corrected chi connectivity index (χ4v) is 2.62. The van der Waals surface area contributed by atoms with E-state index in [-0.39, 0.29) is 5.02 Å². The third-order valence-corrected chi connectivity index (χ3v) is 4.02. The first-order chi connectivity index (χ1) is 9.58. The van der Waals surface area contributed by atoms with E-state index in [2.05, 4.69) is 4.98 Å². The second kappa shape index (κ2) is 5.04. The predicted molar refractivity (Wildman–Crippen MR) is 81.9 cm³/mol. The zero-order chi connectivity index (χ0) is 14.3. The summed E-state index contributed by atoms with van der Waals surface area (Å²) in [7, 11) is 0. The van der Waals surface area contributed by atoms with Gasteiger partial charge in [-0.05, 0) is 36.8 Å². The minimum absolute atomic E-state index is 0.0613. The molecular weight excluding hydrogens is 296 g/mol. The van der Waals surface area contributed by atoms with Crippen molar-refractivity contribution in [2.45, 2.75) is 6.92 Å². The Morgan fingerprint density at radius 3 is 2.55 bits per heavy atom. The van der Waals surface area contributed by atoms with E-state index in [1.165, 1.54) is 6.07 Å². The van der Waals surface area contributed by atoms with Crippen molar-refractivity contribution in [3.8, 4) is 11.3 Å². The first kappa shape index (κ1) is 13.3. The van der Waals surface area contributed by atoms with Crippen LogP contribution in [0.2, 0.25) is 10.0 Å². The molecule has 3 rings (SSSR count). The van der Waals surface area contributed by atoms with Gasteiger partial charge in [-0.15, -0.1) is 0 Å². The summed E-state index contributed by atoms with van der Waals surface area (Å²) in [5.74, 6) is -0.455. The van der Waals surface area contributed by atoms with E-state index in [0.717, 1.165) is 16.5 Å². The molecule has 0 aliphatic heterocycles. The van der Waals surface area contributed by atoms with Crippen LogP contribution in [0.25, 0.3) is 22.2 Å². The summed E-state index contributed by atoms with van der Waals surface area (Å²) in [4.78, 5) is 4.56. The fraction of sp³-hybridized carbons (Fsp3) is 0.0625. The van der Waals surface area contributed by atoms with Gasteiger partial charge in [0, 0.05) is 10.9 Å². The zero-order valence-electron chi connectivity index (χ0n) is 10.6. The molecule has 0 radical (unpaired) electrons. The third-order valence-electron chi connectivity index (χ3n) is 3.27. The van der Waals surface area contributed by atoms with Gasteiger partial charge in [0.2, 0.25) is 0 Å². The van der Waals surface area contributed by atoms with E-state index in [9.17, 15) is 4.39 Å². The lowest BCUT2D eigenvalue weighted by Gasteiger charge is -2.10. The van der Waals surface area contributed by atoms with Crippen LogP contribution in [0.3, 0.4) is 0 Å². The van der Waals surface area contributed by atoms with E-state index in [4.69, 9.17) is 23.2 Å². The number of fused-ring (bicyclic) bond motifs is 1. The lowest BCUT2D eigenvalue weighted by atomic mass is 10.0. The summed E-state index contributed by atoms with van der Waals surface area (Å²) in [6, 6.07) is 12.3. The molecule has 0 aliphatic rings. The number of benzene rings is 2. The number of para-hydroxylation sites is 1. The number of nitrogens with zero attached hydrogens (tertiary/aromatic N) is 1. The maximum absolute atomic E-state index is 13.3. The number of aromatic nitrogens is 1. The Bertz CT molecular complexity index is 815. The predicted octanol–water partition coefficient (Wildman–Crippen LogP) is 5.66. The molecule has 0 amide bonds. The molecule has 0 bridgehead atoms. The average molecular weight is 306 g/mol. The summed E-state index contributed by atoms with van der Waals surface area (Å²) in [5, 5.41) is 1.63. The Balaban J connectivity index is 2.30. The molecule has 1 nitrogen and oxygen atoms in total. The Morgan fingerprint density at radius 1 is 1.05 bits per heavy atom. The third kappa shape index (κ3) is 2.15. The molecule has 0 aliphatic carbocycles. The molecule has 0 N–H and O–H groups in total. The second-order valence-corrected chi connectivity index (χ2v) is 5.33. The van der Waals surface area contributed by atoms with Crippen LogP contribution >= 0.6 is 23.2 Å². The highest BCUT2D eigenvalue weighted by molar-refractivity contribution is 6.35. The van der Waals surface area contributed by atoms with Crippen molar-refractivity contribution in [2.24, 2.45) is 0 Å². The molecule has 0 unspecified atom stereocenters. The zero-order valence-corrected chi connectivity index (χ0v) is 12.1. The number of rotatable bonds is 1. The molecule has 1 heterocycles. The number of pyridine rings is 1. The SMILES string of the molecule is Cc1c(Cl)c(-c2ccc(F)c(Cl)c2)nc2ccccc12. The van der Waals surface area contributed by atoms with Crippen LogP contribution in [0.1, 0.15) is 5.56 Å². The van der Waals surface area contributed by atoms with E-state index < -0.39 is 5.82 Å². The number of halogens is 3. The largest absolute Gasteiger partial charge is 0.246 e. The molecule has 20 heavy (non-hydrogen) atoms. The van der Waals surface area contributed by atoms with Crippen LogP contribution in [-0.2, 0) is 0 Å². The minimum Gasteiger partial charge on any atom is -0.246 e. The summed E-state index contributed by atoms with van der Waals surface area (Å²) in [6.45, 7) is 1.95. The summed E-state index contributed by atoms with van der Waals surface area (Å²) < 4.78 is 13.3. The Kier molecular flexibility index (Phi) is 3.36. The summed E-state index contributed by atoms with van der Waals surface area (Å²) >= 11 is 12.2. The molecule has 0 atom stereocenters. The van der Waals surface area contributed by atoms with Gasteiger partial charge in [0.15, 0.2) is 0 Å². The Hall–Kier alpha value is -1.64. The van der Waals surface area contributed by atoms with Crippen LogP contribution < -0.4 is 0 Å². The van der Waals surface area contributed by atoms with Crippen LogP contribution in [-0.4, -0.2) is 4.98 Å². The molecule has 0 spiro atoms. The van der Waals surface area contributed by atoms with Crippen LogP contribution in [0.15, 0.2) is 42.5 Å². The summed E-state index contributed by atoms with van der Waals surface area (Å²) in [5.41, 5.74) is 3.12. The van der Waals surface area contributed by atoms with Gasteiger partial charge in [0.1, 0.15) is 5.82 Å². The highest BCUT2D eigenvalue weighted by Gasteiger charge is 2.13. The van der Waals surface area contributed by atoms with E-state index in [1.807, 2.05) is 31.2 Å². The van der Waals surface area contributed by atoms with Gasteiger partial charge in [0.05, 0.1) is 21.3 Å². The van der Waals surface area contributed by atoms with Crippen molar-refractivity contribution in [3.05, 3.63) is 63.9 Å². The molecule has 3 aromatic rings. The molecular formula is C16H10Cl2FN. The van der Waals surface area contributed by atoms with Crippen molar-refractivity contribution in [2.75, 3.05) is 0 Å². The quantitative estimate of drug-likeness (QED) is 0.565. The average Bonchev–Trinajstić information content (AvgIpc) is 2.46. The number of hydrogen-bond acceptors (Lipinski definition) is 1. The van der Waals surface area contributed by atoms with Gasteiger partial charge < -0.3 is 0 Å². The monoisotopic (exact) mass is 305 g/mol. The molecule has 0 fully saturated rings. The molecule has 100 valence electrons. The number of aryl methyl sites for hydroxylation is 1. The smallest absolute Gasteiger partial charge is 0.141 e. The molecule has 4 heteroatoms. The van der Waals surface area contributed by atoms with E-state index in [1.54, 1.807) is 12.1 Å².